The molecule has 0 saturated carbocycles. The lowest BCUT2D eigenvalue weighted by Crippen LogP contribution is -2.31. The van der Waals surface area contributed by atoms with E-state index in [1.54, 1.807) is 0 Å². The van der Waals surface area contributed by atoms with Crippen molar-refractivity contribution >= 4 is 15.9 Å². The molecule has 1 saturated heterocycles. The Morgan fingerprint density at radius 1 is 1.33 bits per heavy atom. The fraction of sp³-hybridized carbons (Fsp3) is 0.538. The second kappa shape index (κ2) is 4.67. The summed E-state index contributed by atoms with van der Waals surface area (Å²) >= 11 is 3.66. The molecule has 0 bridgehead atoms. The molecule has 1 aliphatic rings. The van der Waals surface area contributed by atoms with Crippen LogP contribution in [0.1, 0.15) is 31.7 Å². The number of benzene rings is 1. The summed E-state index contributed by atoms with van der Waals surface area (Å²) in [6.07, 6.45) is 1.26. The molecule has 82 valence electrons. The Balaban J connectivity index is 2.27. The van der Waals surface area contributed by atoms with E-state index in [-0.39, 0.29) is 0 Å². The van der Waals surface area contributed by atoms with Gasteiger partial charge in [-0.25, -0.2) is 0 Å². The van der Waals surface area contributed by atoms with Crippen molar-refractivity contribution in [2.75, 3.05) is 6.54 Å². The van der Waals surface area contributed by atoms with Crippen LogP contribution in [0, 0.1) is 5.92 Å². The fourth-order valence-corrected chi connectivity index (χ4v) is 3.13. The third kappa shape index (κ3) is 2.26. The number of hydrogen-bond donors (Lipinski definition) is 1. The SMILES string of the molecule is CC(C)C1NCCC1c1ccccc1Br. The molecule has 0 radical (unpaired) electrons. The minimum atomic E-state index is 0.628. The summed E-state index contributed by atoms with van der Waals surface area (Å²) in [6.45, 7) is 5.74. The largest absolute Gasteiger partial charge is 0.313 e. The maximum absolute atomic E-state index is 3.66. The Morgan fingerprint density at radius 3 is 2.73 bits per heavy atom. The Morgan fingerprint density at radius 2 is 2.07 bits per heavy atom. The number of hydrogen-bond acceptors (Lipinski definition) is 1. The molecule has 0 aromatic heterocycles. The Bertz CT molecular complexity index is 335. The third-order valence-electron chi connectivity index (χ3n) is 3.29. The van der Waals surface area contributed by atoms with E-state index < -0.39 is 0 Å². The summed E-state index contributed by atoms with van der Waals surface area (Å²) in [5.41, 5.74) is 1.46. The third-order valence-corrected chi connectivity index (χ3v) is 4.01. The average molecular weight is 268 g/mol. The van der Waals surface area contributed by atoms with Crippen LogP contribution in [0.2, 0.25) is 0 Å². The molecule has 2 unspecified atom stereocenters. The van der Waals surface area contributed by atoms with Gasteiger partial charge in [0.2, 0.25) is 0 Å². The van der Waals surface area contributed by atoms with Crippen LogP contribution >= 0.6 is 15.9 Å². The van der Waals surface area contributed by atoms with Gasteiger partial charge in [-0.1, -0.05) is 48.0 Å². The predicted molar refractivity (Wildman–Crippen MR) is 68.1 cm³/mol. The standard InChI is InChI=1S/C13H18BrN/c1-9(2)13-11(7-8-15-13)10-5-3-4-6-12(10)14/h3-6,9,11,13,15H,7-8H2,1-2H3. The van der Waals surface area contributed by atoms with Gasteiger partial charge in [-0.15, -0.1) is 0 Å². The molecule has 1 heterocycles. The van der Waals surface area contributed by atoms with E-state index in [1.807, 2.05) is 0 Å². The molecule has 1 aromatic rings. The smallest absolute Gasteiger partial charge is 0.0210 e. The van der Waals surface area contributed by atoms with E-state index in [9.17, 15) is 0 Å². The van der Waals surface area contributed by atoms with Crippen molar-refractivity contribution in [3.05, 3.63) is 34.3 Å². The quantitative estimate of drug-likeness (QED) is 0.865. The van der Waals surface area contributed by atoms with Crippen molar-refractivity contribution < 1.29 is 0 Å². The lowest BCUT2D eigenvalue weighted by molar-refractivity contribution is 0.415. The van der Waals surface area contributed by atoms with Crippen LogP contribution in [0.15, 0.2) is 28.7 Å². The average Bonchev–Trinajstić information content (AvgIpc) is 2.67. The van der Waals surface area contributed by atoms with Gasteiger partial charge in [0.1, 0.15) is 0 Å². The summed E-state index contributed by atoms with van der Waals surface area (Å²) in [5.74, 6) is 1.37. The van der Waals surface area contributed by atoms with Crippen molar-refractivity contribution in [2.24, 2.45) is 5.92 Å². The lowest BCUT2D eigenvalue weighted by atomic mass is 9.86. The maximum Gasteiger partial charge on any atom is 0.0210 e. The fourth-order valence-electron chi connectivity index (χ4n) is 2.55. The highest BCUT2D eigenvalue weighted by molar-refractivity contribution is 9.10. The van der Waals surface area contributed by atoms with Crippen molar-refractivity contribution in [3.63, 3.8) is 0 Å². The number of rotatable bonds is 2. The zero-order valence-corrected chi connectivity index (χ0v) is 10.9. The van der Waals surface area contributed by atoms with Crippen LogP contribution in [0.4, 0.5) is 0 Å². The molecule has 15 heavy (non-hydrogen) atoms. The van der Waals surface area contributed by atoms with Gasteiger partial charge in [-0.3, -0.25) is 0 Å². The van der Waals surface area contributed by atoms with E-state index >= 15 is 0 Å². The molecule has 2 rings (SSSR count). The molecule has 0 amide bonds. The van der Waals surface area contributed by atoms with E-state index in [1.165, 1.54) is 16.5 Å². The highest BCUT2D eigenvalue weighted by atomic mass is 79.9. The molecule has 2 heteroatoms. The summed E-state index contributed by atoms with van der Waals surface area (Å²) in [5, 5.41) is 3.61. The van der Waals surface area contributed by atoms with Crippen molar-refractivity contribution in [2.45, 2.75) is 32.2 Å². The second-order valence-electron chi connectivity index (χ2n) is 4.64. The normalized spacial score (nSPS) is 26.1. The van der Waals surface area contributed by atoms with Crippen LogP contribution in [0.5, 0.6) is 0 Å². The van der Waals surface area contributed by atoms with Crippen LogP contribution in [-0.4, -0.2) is 12.6 Å². The van der Waals surface area contributed by atoms with Crippen molar-refractivity contribution in [1.82, 2.24) is 5.32 Å². The van der Waals surface area contributed by atoms with Gasteiger partial charge in [-0.05, 0) is 30.5 Å². The first-order chi connectivity index (χ1) is 7.20. The summed E-state index contributed by atoms with van der Waals surface area (Å²) in [4.78, 5) is 0. The summed E-state index contributed by atoms with van der Waals surface area (Å²) < 4.78 is 1.25. The molecule has 1 fully saturated rings. The Labute approximate surface area is 100 Å². The monoisotopic (exact) mass is 267 g/mol. The van der Waals surface area contributed by atoms with E-state index in [0.717, 1.165) is 6.54 Å². The van der Waals surface area contributed by atoms with Gasteiger partial charge >= 0.3 is 0 Å². The van der Waals surface area contributed by atoms with Gasteiger partial charge in [0, 0.05) is 16.4 Å². The van der Waals surface area contributed by atoms with Crippen LogP contribution < -0.4 is 5.32 Å². The van der Waals surface area contributed by atoms with Gasteiger partial charge in [0.05, 0.1) is 0 Å². The van der Waals surface area contributed by atoms with Crippen LogP contribution in [0.3, 0.4) is 0 Å². The second-order valence-corrected chi connectivity index (χ2v) is 5.49. The van der Waals surface area contributed by atoms with E-state index in [2.05, 4.69) is 59.4 Å². The van der Waals surface area contributed by atoms with Gasteiger partial charge < -0.3 is 5.32 Å². The molecule has 1 N–H and O–H groups in total. The highest BCUT2D eigenvalue weighted by Gasteiger charge is 2.31. The maximum atomic E-state index is 3.66. The van der Waals surface area contributed by atoms with Gasteiger partial charge in [-0.2, -0.15) is 0 Å². The van der Waals surface area contributed by atoms with Crippen LogP contribution in [0.25, 0.3) is 0 Å². The molecule has 1 nitrogen and oxygen atoms in total. The molecule has 0 aliphatic carbocycles. The van der Waals surface area contributed by atoms with Crippen LogP contribution in [-0.2, 0) is 0 Å². The first-order valence-corrected chi connectivity index (χ1v) is 6.47. The Hall–Kier alpha value is -0.340. The zero-order chi connectivity index (χ0) is 10.8. The zero-order valence-electron chi connectivity index (χ0n) is 9.33. The lowest BCUT2D eigenvalue weighted by Gasteiger charge is -2.24. The predicted octanol–water partition coefficient (Wildman–Crippen LogP) is 3.55. The molecule has 2 atom stereocenters. The molecule has 0 spiro atoms. The molecular formula is C13H18BrN. The van der Waals surface area contributed by atoms with Gasteiger partial charge in [0.25, 0.3) is 0 Å². The Kier molecular flexibility index (Phi) is 3.47. The van der Waals surface area contributed by atoms with Gasteiger partial charge in [0.15, 0.2) is 0 Å². The van der Waals surface area contributed by atoms with Crippen molar-refractivity contribution in [1.29, 1.82) is 0 Å². The highest BCUT2D eigenvalue weighted by Crippen LogP contribution is 2.35. The summed E-state index contributed by atoms with van der Waals surface area (Å²) in [7, 11) is 0. The first-order valence-electron chi connectivity index (χ1n) is 5.68. The van der Waals surface area contributed by atoms with Crippen molar-refractivity contribution in [3.8, 4) is 0 Å². The summed E-state index contributed by atoms with van der Waals surface area (Å²) in [6, 6.07) is 9.24. The minimum Gasteiger partial charge on any atom is -0.313 e. The number of halogens is 1. The molecule has 1 aromatic carbocycles. The first kappa shape index (κ1) is 11.2. The topological polar surface area (TPSA) is 12.0 Å². The number of nitrogens with one attached hydrogen (secondary N) is 1. The molecular weight excluding hydrogens is 250 g/mol. The van der Waals surface area contributed by atoms with E-state index in [4.69, 9.17) is 0 Å². The van der Waals surface area contributed by atoms with E-state index in [0.29, 0.717) is 17.9 Å². The molecule has 1 aliphatic heterocycles. The minimum absolute atomic E-state index is 0.628.